The van der Waals surface area contributed by atoms with Crippen molar-refractivity contribution in [3.63, 3.8) is 0 Å². The van der Waals surface area contributed by atoms with Crippen LogP contribution in [0.2, 0.25) is 0 Å². The smallest absolute Gasteiger partial charge is 0.130 e. The van der Waals surface area contributed by atoms with Crippen LogP contribution in [0.4, 0.5) is 0 Å². The molecule has 0 amide bonds. The first-order chi connectivity index (χ1) is 10.8. The zero-order chi connectivity index (χ0) is 15.5. The number of hydrogen-bond donors (Lipinski definition) is 1. The lowest BCUT2D eigenvalue weighted by Gasteiger charge is -2.27. The lowest BCUT2D eigenvalue weighted by Crippen LogP contribution is -2.30. The summed E-state index contributed by atoms with van der Waals surface area (Å²) in [5.74, 6) is 2.46. The number of aryl methyl sites for hydroxylation is 1. The average molecular weight is 336 g/mol. The third-order valence-electron chi connectivity index (χ3n) is 4.08. The Labute approximate surface area is 143 Å². The number of para-hydroxylation sites is 1. The predicted molar refractivity (Wildman–Crippen MR) is 94.0 cm³/mol. The Hall–Kier alpha value is -1.91. The van der Waals surface area contributed by atoms with Gasteiger partial charge in [-0.3, -0.25) is 0 Å². The average Bonchev–Trinajstić information content (AvgIpc) is 2.60. The summed E-state index contributed by atoms with van der Waals surface area (Å²) in [6.07, 6.45) is 2.04. The second kappa shape index (κ2) is 7.57. The maximum absolute atomic E-state index is 6.11. The van der Waals surface area contributed by atoms with Crippen LogP contribution in [-0.4, -0.2) is 26.9 Å². The summed E-state index contributed by atoms with van der Waals surface area (Å²) in [4.78, 5) is 0. The molecule has 0 aliphatic carbocycles. The van der Waals surface area contributed by atoms with Crippen LogP contribution in [-0.2, 0) is 6.42 Å². The first-order valence-electron chi connectivity index (χ1n) is 7.47. The molecule has 0 aromatic heterocycles. The topological polar surface area (TPSA) is 53.7 Å². The molecule has 3 rings (SSSR count). The van der Waals surface area contributed by atoms with Crippen molar-refractivity contribution in [2.75, 3.05) is 20.8 Å². The van der Waals surface area contributed by atoms with Gasteiger partial charge in [0, 0.05) is 23.7 Å². The molecule has 0 fully saturated rings. The molecule has 23 heavy (non-hydrogen) atoms. The van der Waals surface area contributed by atoms with Crippen molar-refractivity contribution in [3.05, 3.63) is 42.0 Å². The second-order valence-corrected chi connectivity index (χ2v) is 5.37. The molecule has 124 valence electrons. The van der Waals surface area contributed by atoms with Crippen molar-refractivity contribution >= 4 is 12.4 Å². The largest absolute Gasteiger partial charge is 0.497 e. The third kappa shape index (κ3) is 3.38. The lowest BCUT2D eigenvalue weighted by molar-refractivity contribution is 0.182. The fourth-order valence-electron chi connectivity index (χ4n) is 2.86. The summed E-state index contributed by atoms with van der Waals surface area (Å²) in [6.45, 7) is 0.535. The summed E-state index contributed by atoms with van der Waals surface area (Å²) >= 11 is 0. The Balaban J connectivity index is 0.00000192. The van der Waals surface area contributed by atoms with E-state index in [1.165, 1.54) is 5.56 Å². The summed E-state index contributed by atoms with van der Waals surface area (Å²) in [7, 11) is 3.31. The van der Waals surface area contributed by atoms with Gasteiger partial charge in [-0.05, 0) is 30.5 Å². The molecule has 0 saturated carbocycles. The molecule has 5 heteroatoms. The number of fused-ring (bicyclic) bond motifs is 1. The van der Waals surface area contributed by atoms with Gasteiger partial charge in [-0.25, -0.2) is 0 Å². The fourth-order valence-corrected chi connectivity index (χ4v) is 2.86. The van der Waals surface area contributed by atoms with Gasteiger partial charge < -0.3 is 19.9 Å². The number of benzene rings is 2. The molecule has 1 aliphatic rings. The number of nitrogens with two attached hydrogens (primary N) is 1. The van der Waals surface area contributed by atoms with Gasteiger partial charge in [-0.1, -0.05) is 18.2 Å². The minimum atomic E-state index is 0. The zero-order valence-electron chi connectivity index (χ0n) is 13.4. The van der Waals surface area contributed by atoms with Gasteiger partial charge in [0.25, 0.3) is 0 Å². The molecule has 4 nitrogen and oxygen atoms in total. The molecule has 1 aliphatic heterocycles. The quantitative estimate of drug-likeness (QED) is 0.929. The molecule has 1 atom stereocenters. The number of hydrogen-bond acceptors (Lipinski definition) is 4. The normalized spacial score (nSPS) is 15.9. The highest BCUT2D eigenvalue weighted by Crippen LogP contribution is 2.42. The van der Waals surface area contributed by atoms with Crippen molar-refractivity contribution in [3.8, 4) is 28.4 Å². The minimum absolute atomic E-state index is 0. The Kier molecular flexibility index (Phi) is 5.74. The van der Waals surface area contributed by atoms with Crippen LogP contribution in [0, 0.1) is 0 Å². The third-order valence-corrected chi connectivity index (χ3v) is 4.08. The van der Waals surface area contributed by atoms with Gasteiger partial charge in [0.1, 0.15) is 23.4 Å². The summed E-state index contributed by atoms with van der Waals surface area (Å²) in [5.41, 5.74) is 9.03. The molecule has 0 saturated heterocycles. The van der Waals surface area contributed by atoms with Gasteiger partial charge in [0.15, 0.2) is 0 Å². The highest BCUT2D eigenvalue weighted by atomic mass is 35.5. The summed E-state index contributed by atoms with van der Waals surface area (Å²) in [5, 5.41) is 0. The monoisotopic (exact) mass is 335 g/mol. The van der Waals surface area contributed by atoms with Crippen molar-refractivity contribution in [2.45, 2.75) is 18.9 Å². The number of rotatable bonds is 4. The summed E-state index contributed by atoms with van der Waals surface area (Å²) in [6, 6.07) is 12.1. The Bertz CT molecular complexity index is 675. The van der Waals surface area contributed by atoms with E-state index in [9.17, 15) is 0 Å². The van der Waals surface area contributed by atoms with E-state index in [0.29, 0.717) is 6.54 Å². The Morgan fingerprint density at radius 1 is 1.13 bits per heavy atom. The summed E-state index contributed by atoms with van der Waals surface area (Å²) < 4.78 is 16.9. The zero-order valence-corrected chi connectivity index (χ0v) is 14.2. The number of methoxy groups -OCH3 is 2. The van der Waals surface area contributed by atoms with E-state index >= 15 is 0 Å². The van der Waals surface area contributed by atoms with Gasteiger partial charge in [-0.2, -0.15) is 0 Å². The molecule has 2 N–H and O–H groups in total. The lowest BCUT2D eigenvalue weighted by atomic mass is 9.95. The van der Waals surface area contributed by atoms with Crippen LogP contribution in [0.3, 0.4) is 0 Å². The van der Waals surface area contributed by atoms with E-state index in [0.717, 1.165) is 41.2 Å². The first-order valence-corrected chi connectivity index (χ1v) is 7.47. The highest BCUT2D eigenvalue weighted by Gasteiger charge is 2.23. The number of ether oxygens (including phenoxy) is 3. The van der Waals surface area contributed by atoms with Crippen LogP contribution in [0.25, 0.3) is 11.1 Å². The molecule has 2 aromatic carbocycles. The minimum Gasteiger partial charge on any atom is -0.497 e. The van der Waals surface area contributed by atoms with Gasteiger partial charge in [-0.15, -0.1) is 12.4 Å². The van der Waals surface area contributed by atoms with Crippen LogP contribution < -0.4 is 19.9 Å². The molecule has 0 spiro atoms. The first kappa shape index (κ1) is 17.4. The predicted octanol–water partition coefficient (Wildman–Crippen LogP) is 3.44. The Morgan fingerprint density at radius 3 is 2.65 bits per heavy atom. The van der Waals surface area contributed by atoms with E-state index in [1.807, 2.05) is 18.2 Å². The van der Waals surface area contributed by atoms with E-state index in [-0.39, 0.29) is 18.5 Å². The van der Waals surface area contributed by atoms with E-state index in [1.54, 1.807) is 14.2 Å². The van der Waals surface area contributed by atoms with Crippen LogP contribution in [0.1, 0.15) is 12.0 Å². The fraction of sp³-hybridized carbons (Fsp3) is 0.333. The van der Waals surface area contributed by atoms with Gasteiger partial charge in [0.05, 0.1) is 14.2 Å². The van der Waals surface area contributed by atoms with Crippen LogP contribution in [0.5, 0.6) is 17.2 Å². The van der Waals surface area contributed by atoms with E-state index in [4.69, 9.17) is 19.9 Å². The van der Waals surface area contributed by atoms with Crippen molar-refractivity contribution < 1.29 is 14.2 Å². The van der Waals surface area contributed by atoms with Crippen molar-refractivity contribution in [2.24, 2.45) is 5.73 Å². The highest BCUT2D eigenvalue weighted by molar-refractivity contribution is 5.85. The Morgan fingerprint density at radius 2 is 1.96 bits per heavy atom. The molecule has 0 radical (unpaired) electrons. The number of halogens is 1. The molecule has 2 aromatic rings. The molecular formula is C18H22ClNO3. The molecule has 0 unspecified atom stereocenters. The maximum atomic E-state index is 6.11. The molecule has 0 bridgehead atoms. The molecule has 1 heterocycles. The SMILES string of the molecule is COc1ccc(-c2cccc3c2O[C@@H](CN)CC3)c(OC)c1.Cl. The second-order valence-electron chi connectivity index (χ2n) is 5.37. The van der Waals surface area contributed by atoms with E-state index < -0.39 is 0 Å². The van der Waals surface area contributed by atoms with Crippen molar-refractivity contribution in [1.29, 1.82) is 0 Å². The maximum Gasteiger partial charge on any atom is 0.130 e. The van der Waals surface area contributed by atoms with Crippen LogP contribution in [0.15, 0.2) is 36.4 Å². The van der Waals surface area contributed by atoms with Gasteiger partial charge in [0.2, 0.25) is 0 Å². The van der Waals surface area contributed by atoms with Crippen molar-refractivity contribution in [1.82, 2.24) is 0 Å². The standard InChI is InChI=1S/C18H21NO3.ClH/c1-20-13-8-9-15(17(10-13)21-2)16-5-3-4-12-6-7-14(11-19)22-18(12)16;/h3-5,8-10,14H,6-7,11,19H2,1-2H3;1H/t14-;/m1./s1. The van der Waals surface area contributed by atoms with E-state index in [2.05, 4.69) is 18.2 Å². The van der Waals surface area contributed by atoms with Gasteiger partial charge >= 0.3 is 0 Å². The molecular weight excluding hydrogens is 314 g/mol. The van der Waals surface area contributed by atoms with Crippen LogP contribution >= 0.6 is 12.4 Å².